The van der Waals surface area contributed by atoms with Gasteiger partial charge in [0.05, 0.1) is 19.1 Å². The van der Waals surface area contributed by atoms with Gasteiger partial charge in [-0.05, 0) is 36.3 Å². The number of unbranched alkanes of at least 4 members (excludes halogenated alkanes) is 9. The number of hydrogen-bond donors (Lipinski definition) is 4. The molecule has 0 fully saturated rings. The van der Waals surface area contributed by atoms with Gasteiger partial charge < -0.3 is 20.4 Å². The number of carboxylic acids is 2. The van der Waals surface area contributed by atoms with Gasteiger partial charge in [-0.1, -0.05) is 102 Å². The first-order valence-corrected chi connectivity index (χ1v) is 13.8. The third-order valence-electron chi connectivity index (χ3n) is 7.10. The Labute approximate surface area is 217 Å². The number of aliphatic carboxylic acids is 2. The van der Waals surface area contributed by atoms with Crippen molar-refractivity contribution in [2.75, 3.05) is 13.2 Å². The highest BCUT2D eigenvalue weighted by atomic mass is 16.4. The first-order chi connectivity index (χ1) is 17.4. The molecular formula is C30H48O6. The van der Waals surface area contributed by atoms with Gasteiger partial charge in [0.15, 0.2) is 0 Å². The fourth-order valence-electron chi connectivity index (χ4n) is 5.15. The van der Waals surface area contributed by atoms with Crippen LogP contribution >= 0.6 is 0 Å². The number of aliphatic hydroxyl groups excluding tert-OH is 2. The molecule has 0 aromatic heterocycles. The summed E-state index contributed by atoms with van der Waals surface area (Å²) >= 11 is 0. The van der Waals surface area contributed by atoms with Crippen LogP contribution in [0.1, 0.15) is 90.9 Å². The topological polar surface area (TPSA) is 115 Å². The van der Waals surface area contributed by atoms with Crippen molar-refractivity contribution >= 4 is 11.9 Å². The van der Waals surface area contributed by atoms with Gasteiger partial charge in [0.25, 0.3) is 0 Å². The zero-order chi connectivity index (χ0) is 26.8. The Bertz CT molecular complexity index is 763. The number of carboxylic acid groups (broad SMARTS) is 2. The van der Waals surface area contributed by atoms with Crippen molar-refractivity contribution in [3.05, 3.63) is 47.6 Å². The van der Waals surface area contributed by atoms with E-state index in [0.29, 0.717) is 17.6 Å². The van der Waals surface area contributed by atoms with Crippen LogP contribution in [0.5, 0.6) is 0 Å². The summed E-state index contributed by atoms with van der Waals surface area (Å²) in [4.78, 5) is 23.7. The number of carbonyl (C=O) groups is 2. The van der Waals surface area contributed by atoms with E-state index in [2.05, 4.69) is 13.8 Å². The minimum absolute atomic E-state index is 0.232. The molecule has 4 N–H and O–H groups in total. The van der Waals surface area contributed by atoms with Crippen LogP contribution in [0, 0.1) is 23.7 Å². The van der Waals surface area contributed by atoms with Crippen LogP contribution in [0.25, 0.3) is 0 Å². The molecule has 0 heterocycles. The van der Waals surface area contributed by atoms with E-state index in [1.165, 1.54) is 25.3 Å². The molecule has 1 aliphatic carbocycles. The summed E-state index contributed by atoms with van der Waals surface area (Å²) in [5, 5.41) is 39.6. The maximum Gasteiger partial charge on any atom is 0.327 e. The predicted molar refractivity (Wildman–Crippen MR) is 145 cm³/mol. The Kier molecular flexibility index (Phi) is 16.8. The number of rotatable bonds is 19. The van der Waals surface area contributed by atoms with Crippen LogP contribution in [-0.2, 0) is 9.59 Å². The van der Waals surface area contributed by atoms with Gasteiger partial charge in [0, 0.05) is 17.9 Å². The third-order valence-corrected chi connectivity index (χ3v) is 7.10. The van der Waals surface area contributed by atoms with Gasteiger partial charge >= 0.3 is 11.9 Å². The van der Waals surface area contributed by atoms with Crippen molar-refractivity contribution in [1.29, 1.82) is 0 Å². The van der Waals surface area contributed by atoms with Crippen molar-refractivity contribution < 1.29 is 30.0 Å². The molecule has 1 aliphatic rings. The highest BCUT2D eigenvalue weighted by molar-refractivity contribution is 5.80. The molecule has 0 aromatic carbocycles. The summed E-state index contributed by atoms with van der Waals surface area (Å²) in [6.45, 7) is 3.84. The maximum atomic E-state index is 12.5. The molecular weight excluding hydrogens is 456 g/mol. The Morgan fingerprint density at radius 2 is 1.53 bits per heavy atom. The first kappa shape index (κ1) is 31.8. The molecule has 4 unspecified atom stereocenters. The average molecular weight is 505 g/mol. The van der Waals surface area contributed by atoms with Gasteiger partial charge in [-0.2, -0.15) is 0 Å². The fourth-order valence-corrected chi connectivity index (χ4v) is 5.15. The molecule has 1 rings (SSSR count). The van der Waals surface area contributed by atoms with Crippen molar-refractivity contribution in [1.82, 2.24) is 0 Å². The molecule has 204 valence electrons. The Morgan fingerprint density at radius 3 is 2.08 bits per heavy atom. The monoisotopic (exact) mass is 504 g/mol. The summed E-state index contributed by atoms with van der Waals surface area (Å²) in [5.41, 5.74) is 1.26. The Hall–Kier alpha value is -2.18. The van der Waals surface area contributed by atoms with E-state index >= 15 is 0 Å². The van der Waals surface area contributed by atoms with Gasteiger partial charge in [0.1, 0.15) is 0 Å². The molecule has 6 nitrogen and oxygen atoms in total. The maximum absolute atomic E-state index is 12.5. The van der Waals surface area contributed by atoms with Gasteiger partial charge in [0.2, 0.25) is 0 Å². The molecule has 0 bridgehead atoms. The molecule has 0 radical (unpaired) electrons. The standard InChI is InChI=1S/C30H48O6/c1-3-5-7-9-10-12-13-15-23(21-31)19-27-26(17-18-28(33)34)25(22-32)20-24(29(27)30(35)36)16-14-11-8-6-4-2/h13,15,17-20,24,26-27,29,31-32H,3-12,14,16,21-22H2,1-2H3,(H,33,34)(H,35,36). The van der Waals surface area contributed by atoms with E-state index in [4.69, 9.17) is 0 Å². The molecule has 0 spiro atoms. The predicted octanol–water partition coefficient (Wildman–Crippen LogP) is 6.30. The second-order valence-corrected chi connectivity index (χ2v) is 9.94. The smallest absolute Gasteiger partial charge is 0.327 e. The summed E-state index contributed by atoms with van der Waals surface area (Å²) in [6, 6.07) is 0. The van der Waals surface area contributed by atoms with Crippen LogP contribution in [0.3, 0.4) is 0 Å². The average Bonchev–Trinajstić information content (AvgIpc) is 2.85. The summed E-state index contributed by atoms with van der Waals surface area (Å²) in [5.74, 6) is -4.21. The largest absolute Gasteiger partial charge is 0.481 e. The van der Waals surface area contributed by atoms with E-state index in [-0.39, 0.29) is 19.1 Å². The summed E-state index contributed by atoms with van der Waals surface area (Å²) < 4.78 is 0. The highest BCUT2D eigenvalue weighted by Gasteiger charge is 2.41. The molecule has 0 aromatic rings. The number of aliphatic hydroxyl groups is 2. The minimum atomic E-state index is -1.12. The van der Waals surface area contributed by atoms with Crippen molar-refractivity contribution in [2.24, 2.45) is 23.7 Å². The van der Waals surface area contributed by atoms with Gasteiger partial charge in [-0.25, -0.2) is 4.79 Å². The molecule has 6 heteroatoms. The summed E-state index contributed by atoms with van der Waals surface area (Å²) in [6.07, 6.45) is 22.8. The van der Waals surface area contributed by atoms with E-state index in [1.807, 2.05) is 18.2 Å². The minimum Gasteiger partial charge on any atom is -0.481 e. The van der Waals surface area contributed by atoms with Crippen LogP contribution in [0.4, 0.5) is 0 Å². The van der Waals surface area contributed by atoms with Crippen LogP contribution in [0.2, 0.25) is 0 Å². The second kappa shape index (κ2) is 19.0. The van der Waals surface area contributed by atoms with Crippen molar-refractivity contribution in [2.45, 2.75) is 90.9 Å². The quantitative estimate of drug-likeness (QED) is 0.0710. The SMILES string of the molecule is CCCCCCCC=CC(=CC1C(C=CC(=O)O)C(CO)=CC(CCCCCCC)C1C(=O)O)CO. The first-order valence-electron chi connectivity index (χ1n) is 13.8. The zero-order valence-electron chi connectivity index (χ0n) is 22.3. The molecule has 0 saturated carbocycles. The van der Waals surface area contributed by atoms with Crippen LogP contribution < -0.4 is 0 Å². The lowest BCUT2D eigenvalue weighted by atomic mass is 9.65. The third kappa shape index (κ3) is 11.7. The van der Waals surface area contributed by atoms with Gasteiger partial charge in [-0.3, -0.25) is 4.79 Å². The molecule has 0 saturated heterocycles. The number of allylic oxidation sites excluding steroid dienone is 4. The Morgan fingerprint density at radius 1 is 0.889 bits per heavy atom. The van der Waals surface area contributed by atoms with Crippen LogP contribution in [0.15, 0.2) is 47.6 Å². The van der Waals surface area contributed by atoms with E-state index in [0.717, 1.165) is 57.4 Å². The summed E-state index contributed by atoms with van der Waals surface area (Å²) in [7, 11) is 0. The van der Waals surface area contributed by atoms with Gasteiger partial charge in [-0.15, -0.1) is 0 Å². The lowest BCUT2D eigenvalue weighted by Crippen LogP contribution is -2.38. The molecule has 0 amide bonds. The van der Waals surface area contributed by atoms with Crippen molar-refractivity contribution in [3.8, 4) is 0 Å². The molecule has 0 aliphatic heterocycles. The molecule has 4 atom stereocenters. The van der Waals surface area contributed by atoms with E-state index in [9.17, 15) is 30.0 Å². The molecule has 36 heavy (non-hydrogen) atoms. The second-order valence-electron chi connectivity index (χ2n) is 9.94. The normalized spacial score (nSPS) is 22.9. The van der Waals surface area contributed by atoms with Crippen molar-refractivity contribution in [3.63, 3.8) is 0 Å². The lowest BCUT2D eigenvalue weighted by Gasteiger charge is -2.38. The Balaban J connectivity index is 3.22. The number of hydrogen-bond acceptors (Lipinski definition) is 4. The lowest BCUT2D eigenvalue weighted by molar-refractivity contribution is -0.145. The van der Waals surface area contributed by atoms with E-state index in [1.54, 1.807) is 6.08 Å². The fraction of sp³-hybridized carbons (Fsp3) is 0.667. The zero-order valence-corrected chi connectivity index (χ0v) is 22.3. The van der Waals surface area contributed by atoms with E-state index < -0.39 is 29.7 Å². The highest BCUT2D eigenvalue weighted by Crippen LogP contribution is 2.43. The van der Waals surface area contributed by atoms with Crippen LogP contribution in [-0.4, -0.2) is 45.6 Å².